The second-order valence-corrected chi connectivity index (χ2v) is 3.60. The van der Waals surface area contributed by atoms with Crippen molar-refractivity contribution in [2.75, 3.05) is 18.5 Å². The van der Waals surface area contributed by atoms with E-state index >= 15 is 0 Å². The van der Waals surface area contributed by atoms with Gasteiger partial charge in [0.25, 0.3) is 0 Å². The zero-order valence-corrected chi connectivity index (χ0v) is 10.1. The summed E-state index contributed by atoms with van der Waals surface area (Å²) in [4.78, 5) is 4.31. The van der Waals surface area contributed by atoms with E-state index in [0.29, 0.717) is 6.61 Å². The monoisotopic (exact) mass is 225 g/mol. The molecule has 0 aromatic carbocycles. The van der Waals surface area contributed by atoms with Crippen LogP contribution in [-0.2, 0) is 6.42 Å². The summed E-state index contributed by atoms with van der Waals surface area (Å²) in [7, 11) is 0. The number of aliphatic hydroxyl groups excluding tert-OH is 1. The number of pyridine rings is 1. The zero-order chi connectivity index (χ0) is 10.9. The van der Waals surface area contributed by atoms with Gasteiger partial charge in [0.1, 0.15) is 0 Å². The van der Waals surface area contributed by atoms with Crippen molar-refractivity contribution in [2.24, 2.45) is 0 Å². The molecular formula is C12H23N3O. The summed E-state index contributed by atoms with van der Waals surface area (Å²) >= 11 is 0. The van der Waals surface area contributed by atoms with Crippen molar-refractivity contribution >= 4 is 5.69 Å². The Morgan fingerprint density at radius 3 is 2.62 bits per heavy atom. The molecule has 0 spiro atoms. The standard InChI is InChI=1S/C12H20N2O.H3N/c1-2-11-6-7-12(10-14-11)13-8-4-3-5-9-15;/h6-7,10,13,15H,2-5,8-9H2,1H3;1H3. The van der Waals surface area contributed by atoms with Gasteiger partial charge in [-0.15, -0.1) is 0 Å². The molecule has 0 unspecified atom stereocenters. The molecule has 0 atom stereocenters. The lowest BCUT2D eigenvalue weighted by atomic mass is 10.2. The number of aliphatic hydroxyl groups is 1. The van der Waals surface area contributed by atoms with E-state index in [0.717, 1.165) is 43.6 Å². The third kappa shape index (κ3) is 5.68. The van der Waals surface area contributed by atoms with Gasteiger partial charge in [-0.25, -0.2) is 0 Å². The molecule has 1 rings (SSSR count). The summed E-state index contributed by atoms with van der Waals surface area (Å²) in [5, 5.41) is 11.9. The van der Waals surface area contributed by atoms with E-state index in [9.17, 15) is 0 Å². The maximum absolute atomic E-state index is 8.61. The number of aryl methyl sites for hydroxylation is 1. The molecule has 0 aliphatic carbocycles. The Morgan fingerprint density at radius 1 is 1.25 bits per heavy atom. The SMILES string of the molecule is CCc1ccc(NCCCCCO)cn1.N. The van der Waals surface area contributed by atoms with Crippen LogP contribution in [0.3, 0.4) is 0 Å². The number of hydrogen-bond donors (Lipinski definition) is 3. The lowest BCUT2D eigenvalue weighted by Gasteiger charge is -2.05. The van der Waals surface area contributed by atoms with Gasteiger partial charge in [-0.1, -0.05) is 6.92 Å². The highest BCUT2D eigenvalue weighted by atomic mass is 16.2. The number of nitrogens with zero attached hydrogens (tertiary/aromatic N) is 1. The molecule has 1 heterocycles. The van der Waals surface area contributed by atoms with Crippen LogP contribution >= 0.6 is 0 Å². The van der Waals surface area contributed by atoms with Gasteiger partial charge >= 0.3 is 0 Å². The highest BCUT2D eigenvalue weighted by Gasteiger charge is 1.93. The van der Waals surface area contributed by atoms with Crippen LogP contribution < -0.4 is 11.5 Å². The minimum absolute atomic E-state index is 0. The Balaban J connectivity index is 0.00000225. The molecule has 16 heavy (non-hydrogen) atoms. The highest BCUT2D eigenvalue weighted by molar-refractivity contribution is 5.40. The first kappa shape index (κ1) is 14.9. The fourth-order valence-corrected chi connectivity index (χ4v) is 1.38. The molecule has 0 bridgehead atoms. The van der Waals surface area contributed by atoms with Crippen LogP contribution in [0.25, 0.3) is 0 Å². The Kier molecular flexibility index (Phi) is 8.48. The molecule has 0 amide bonds. The number of unbranched alkanes of at least 4 members (excludes halogenated alkanes) is 2. The predicted molar refractivity (Wildman–Crippen MR) is 68.1 cm³/mol. The van der Waals surface area contributed by atoms with Crippen LogP contribution in [-0.4, -0.2) is 23.2 Å². The fourth-order valence-electron chi connectivity index (χ4n) is 1.38. The Morgan fingerprint density at radius 2 is 2.06 bits per heavy atom. The average molecular weight is 225 g/mol. The van der Waals surface area contributed by atoms with Gasteiger partial charge in [-0.3, -0.25) is 4.98 Å². The maximum atomic E-state index is 8.61. The Hall–Kier alpha value is -1.13. The van der Waals surface area contributed by atoms with Crippen LogP contribution in [0.15, 0.2) is 18.3 Å². The van der Waals surface area contributed by atoms with Crippen LogP contribution in [0.2, 0.25) is 0 Å². The summed E-state index contributed by atoms with van der Waals surface area (Å²) in [6.07, 6.45) is 5.93. The van der Waals surface area contributed by atoms with E-state index in [1.165, 1.54) is 0 Å². The molecule has 1 aromatic rings. The summed E-state index contributed by atoms with van der Waals surface area (Å²) < 4.78 is 0. The zero-order valence-electron chi connectivity index (χ0n) is 10.1. The van der Waals surface area contributed by atoms with Crippen LogP contribution in [0, 0.1) is 0 Å². The van der Waals surface area contributed by atoms with Crippen molar-refractivity contribution in [3.63, 3.8) is 0 Å². The number of anilines is 1. The van der Waals surface area contributed by atoms with Gasteiger partial charge in [-0.05, 0) is 37.8 Å². The molecule has 0 saturated carbocycles. The first-order chi connectivity index (χ1) is 7.36. The van der Waals surface area contributed by atoms with Gasteiger partial charge < -0.3 is 16.6 Å². The van der Waals surface area contributed by atoms with Crippen LogP contribution in [0.1, 0.15) is 31.9 Å². The van der Waals surface area contributed by atoms with Crippen LogP contribution in [0.4, 0.5) is 5.69 Å². The van der Waals surface area contributed by atoms with E-state index in [2.05, 4.69) is 29.4 Å². The molecule has 0 saturated heterocycles. The van der Waals surface area contributed by atoms with Gasteiger partial charge in [-0.2, -0.15) is 0 Å². The summed E-state index contributed by atoms with van der Waals surface area (Å²) in [5.74, 6) is 0. The van der Waals surface area contributed by atoms with Crippen molar-refractivity contribution in [2.45, 2.75) is 32.6 Å². The number of nitrogens with one attached hydrogen (secondary N) is 1. The molecule has 0 aliphatic heterocycles. The topological polar surface area (TPSA) is 80.2 Å². The first-order valence-corrected chi connectivity index (χ1v) is 5.66. The molecule has 0 aliphatic rings. The second-order valence-electron chi connectivity index (χ2n) is 3.60. The van der Waals surface area contributed by atoms with Crippen molar-refractivity contribution in [3.8, 4) is 0 Å². The van der Waals surface area contributed by atoms with Crippen molar-refractivity contribution < 1.29 is 5.11 Å². The van der Waals surface area contributed by atoms with Gasteiger partial charge in [0.05, 0.1) is 11.9 Å². The lowest BCUT2D eigenvalue weighted by molar-refractivity contribution is 0.283. The maximum Gasteiger partial charge on any atom is 0.0526 e. The molecule has 4 heteroatoms. The third-order valence-electron chi connectivity index (χ3n) is 2.35. The van der Waals surface area contributed by atoms with Crippen molar-refractivity contribution in [1.29, 1.82) is 0 Å². The number of hydrogen-bond acceptors (Lipinski definition) is 4. The molecule has 0 fully saturated rings. The molecule has 5 N–H and O–H groups in total. The van der Waals surface area contributed by atoms with E-state index in [1.54, 1.807) is 0 Å². The van der Waals surface area contributed by atoms with Crippen molar-refractivity contribution in [3.05, 3.63) is 24.0 Å². The summed E-state index contributed by atoms with van der Waals surface area (Å²) in [6.45, 7) is 3.35. The minimum atomic E-state index is 0. The van der Waals surface area contributed by atoms with Gasteiger partial charge in [0.2, 0.25) is 0 Å². The summed E-state index contributed by atoms with van der Waals surface area (Å²) in [5.41, 5.74) is 2.21. The number of aromatic nitrogens is 1. The second kappa shape index (κ2) is 9.12. The van der Waals surface area contributed by atoms with Crippen molar-refractivity contribution in [1.82, 2.24) is 11.1 Å². The molecule has 92 valence electrons. The Labute approximate surface area is 97.7 Å². The molecule has 1 aromatic heterocycles. The predicted octanol–water partition coefficient (Wildman–Crippen LogP) is 2.38. The normalized spacial score (nSPS) is 9.62. The van der Waals surface area contributed by atoms with Crippen LogP contribution in [0.5, 0.6) is 0 Å². The fraction of sp³-hybridized carbons (Fsp3) is 0.583. The Bertz CT molecular complexity index is 261. The van der Waals surface area contributed by atoms with E-state index in [1.807, 2.05) is 6.20 Å². The highest BCUT2D eigenvalue weighted by Crippen LogP contribution is 2.06. The largest absolute Gasteiger partial charge is 0.396 e. The molecule has 4 nitrogen and oxygen atoms in total. The average Bonchev–Trinajstić information content (AvgIpc) is 2.30. The summed E-state index contributed by atoms with van der Waals surface area (Å²) in [6, 6.07) is 4.12. The quantitative estimate of drug-likeness (QED) is 0.622. The third-order valence-corrected chi connectivity index (χ3v) is 2.35. The molecule has 0 radical (unpaired) electrons. The van der Waals surface area contributed by atoms with E-state index in [-0.39, 0.29) is 6.15 Å². The van der Waals surface area contributed by atoms with E-state index in [4.69, 9.17) is 5.11 Å². The first-order valence-electron chi connectivity index (χ1n) is 5.66. The van der Waals surface area contributed by atoms with Gasteiger partial charge in [0.15, 0.2) is 0 Å². The lowest BCUT2D eigenvalue weighted by Crippen LogP contribution is -2.02. The smallest absolute Gasteiger partial charge is 0.0526 e. The van der Waals surface area contributed by atoms with Gasteiger partial charge in [0, 0.05) is 18.8 Å². The number of rotatable bonds is 7. The molecular weight excluding hydrogens is 202 g/mol. The van der Waals surface area contributed by atoms with E-state index < -0.39 is 0 Å². The minimum Gasteiger partial charge on any atom is -0.396 e.